The number of nitrogens with zero attached hydrogens (tertiary/aromatic N) is 1. The van der Waals surface area contributed by atoms with Crippen molar-refractivity contribution in [3.63, 3.8) is 0 Å². The van der Waals surface area contributed by atoms with Crippen molar-refractivity contribution in [2.24, 2.45) is 0 Å². The molecule has 1 rings (SSSR count). The van der Waals surface area contributed by atoms with Gasteiger partial charge in [0.1, 0.15) is 5.60 Å². The van der Waals surface area contributed by atoms with E-state index in [1.807, 2.05) is 0 Å². The quantitative estimate of drug-likeness (QED) is 0.396. The first-order valence-electron chi connectivity index (χ1n) is 8.01. The average molecular weight is 517 g/mol. The van der Waals surface area contributed by atoms with Gasteiger partial charge in [0.2, 0.25) is 0 Å². The standard InChI is InChI=1S/C14H14F11NO5S/c1-9(2,3)30-8(27)26-5-4-7(10(15,16)6-26)31-32(28,29)14(24,25)12(19,20)11(17,18)13(21,22)23/h4H,5-6H2,1-3H3. The van der Waals surface area contributed by atoms with Crippen molar-refractivity contribution in [1.29, 1.82) is 0 Å². The normalized spacial score (nSPS) is 18.8. The smallest absolute Gasteiger partial charge is 0.444 e. The van der Waals surface area contributed by atoms with Gasteiger partial charge in [-0.2, -0.15) is 56.7 Å². The molecular weight excluding hydrogens is 503 g/mol. The third kappa shape index (κ3) is 4.98. The first kappa shape index (κ1) is 28.0. The maximum atomic E-state index is 14.1. The summed E-state index contributed by atoms with van der Waals surface area (Å²) < 4.78 is 175. The van der Waals surface area contributed by atoms with Gasteiger partial charge < -0.3 is 8.92 Å². The predicted octanol–water partition coefficient (Wildman–Crippen LogP) is 4.53. The number of halogens is 11. The Morgan fingerprint density at radius 3 is 1.81 bits per heavy atom. The second-order valence-electron chi connectivity index (χ2n) is 7.33. The highest BCUT2D eigenvalue weighted by Crippen LogP contribution is 2.55. The highest BCUT2D eigenvalue weighted by Gasteiger charge is 2.86. The molecule has 188 valence electrons. The Labute approximate surface area is 173 Å². The van der Waals surface area contributed by atoms with Crippen molar-refractivity contribution in [1.82, 2.24) is 4.90 Å². The van der Waals surface area contributed by atoms with Gasteiger partial charge in [-0.3, -0.25) is 4.90 Å². The summed E-state index contributed by atoms with van der Waals surface area (Å²) >= 11 is 0. The fourth-order valence-corrected chi connectivity index (χ4v) is 2.95. The van der Waals surface area contributed by atoms with E-state index >= 15 is 0 Å². The van der Waals surface area contributed by atoms with E-state index in [1.54, 1.807) is 0 Å². The first-order chi connectivity index (χ1) is 13.8. The van der Waals surface area contributed by atoms with Gasteiger partial charge >= 0.3 is 45.4 Å². The predicted molar refractivity (Wildman–Crippen MR) is 81.7 cm³/mol. The largest absolute Gasteiger partial charge is 0.460 e. The number of ether oxygens (including phenoxy) is 1. The van der Waals surface area contributed by atoms with Gasteiger partial charge in [0.25, 0.3) is 0 Å². The summed E-state index contributed by atoms with van der Waals surface area (Å²) in [7, 11) is -7.54. The van der Waals surface area contributed by atoms with E-state index < -0.39 is 69.9 Å². The molecule has 18 heteroatoms. The summed E-state index contributed by atoms with van der Waals surface area (Å²) in [4.78, 5) is 12.0. The van der Waals surface area contributed by atoms with E-state index in [-0.39, 0.29) is 11.0 Å². The summed E-state index contributed by atoms with van der Waals surface area (Å²) in [6, 6.07) is 0. The van der Waals surface area contributed by atoms with Crippen LogP contribution in [0.5, 0.6) is 0 Å². The minimum Gasteiger partial charge on any atom is -0.444 e. The van der Waals surface area contributed by atoms with Crippen LogP contribution in [0.15, 0.2) is 11.8 Å². The molecule has 0 aromatic rings. The van der Waals surface area contributed by atoms with Crippen LogP contribution in [0.2, 0.25) is 0 Å². The molecule has 0 spiro atoms. The second-order valence-corrected chi connectivity index (χ2v) is 8.92. The van der Waals surface area contributed by atoms with Crippen molar-refractivity contribution in [2.75, 3.05) is 13.1 Å². The van der Waals surface area contributed by atoms with E-state index in [0.717, 1.165) is 0 Å². The summed E-state index contributed by atoms with van der Waals surface area (Å²) in [6.45, 7) is 1.22. The van der Waals surface area contributed by atoms with Gasteiger partial charge in [0.05, 0.1) is 6.54 Å². The fraction of sp³-hybridized carbons (Fsp3) is 0.786. The molecule has 1 aliphatic heterocycles. The Balaban J connectivity index is 3.26. The van der Waals surface area contributed by atoms with Crippen LogP contribution in [0.3, 0.4) is 0 Å². The molecule has 0 aromatic carbocycles. The molecule has 0 radical (unpaired) electrons. The third-order valence-electron chi connectivity index (χ3n) is 3.53. The SMILES string of the molecule is CC(C)(C)OC(=O)N1CC=C(OS(=O)(=O)C(F)(F)C(F)(F)C(F)(F)C(F)(F)F)C(F)(F)C1. The number of hydrogen-bond donors (Lipinski definition) is 0. The molecule has 0 atom stereocenters. The summed E-state index contributed by atoms with van der Waals surface area (Å²) in [5.41, 5.74) is -1.19. The monoisotopic (exact) mass is 517 g/mol. The number of carbonyl (C=O) groups is 1. The summed E-state index contributed by atoms with van der Waals surface area (Å²) in [5.74, 6) is -22.2. The van der Waals surface area contributed by atoms with Gasteiger partial charge in [0.15, 0.2) is 5.76 Å². The fourth-order valence-electron chi connectivity index (χ4n) is 1.97. The molecule has 6 nitrogen and oxygen atoms in total. The molecule has 1 amide bonds. The van der Waals surface area contributed by atoms with Gasteiger partial charge in [-0.15, -0.1) is 0 Å². The van der Waals surface area contributed by atoms with Gasteiger partial charge in [0, 0.05) is 6.54 Å². The lowest BCUT2D eigenvalue weighted by Crippen LogP contribution is -2.63. The van der Waals surface area contributed by atoms with E-state index in [4.69, 9.17) is 4.74 Å². The summed E-state index contributed by atoms with van der Waals surface area (Å²) in [5, 5.41) is -7.31. The number of carbonyl (C=O) groups excluding carboxylic acids is 1. The molecule has 0 saturated heterocycles. The lowest BCUT2D eigenvalue weighted by atomic mass is 10.1. The molecule has 1 heterocycles. The van der Waals surface area contributed by atoms with Crippen molar-refractivity contribution < 1.29 is 70.4 Å². The molecule has 0 unspecified atom stereocenters. The number of rotatable bonds is 5. The minimum absolute atomic E-state index is 0.0545. The Morgan fingerprint density at radius 2 is 1.44 bits per heavy atom. The highest BCUT2D eigenvalue weighted by atomic mass is 32.2. The Bertz CT molecular complexity index is 874. The zero-order valence-electron chi connectivity index (χ0n) is 16.0. The molecule has 0 saturated carbocycles. The van der Waals surface area contributed by atoms with Crippen LogP contribution in [0.4, 0.5) is 53.1 Å². The van der Waals surface area contributed by atoms with Crippen LogP contribution in [-0.2, 0) is 19.0 Å². The maximum absolute atomic E-state index is 14.1. The zero-order valence-corrected chi connectivity index (χ0v) is 16.9. The van der Waals surface area contributed by atoms with Gasteiger partial charge in [-0.05, 0) is 26.8 Å². The number of amides is 1. The Kier molecular flexibility index (Phi) is 6.82. The Hall–Kier alpha value is -2.01. The summed E-state index contributed by atoms with van der Waals surface area (Å²) in [6.07, 6.45) is -8.78. The molecular formula is C14H14F11NO5S. The van der Waals surface area contributed by atoms with Crippen molar-refractivity contribution in [3.8, 4) is 0 Å². The molecule has 0 N–H and O–H groups in total. The second kappa shape index (κ2) is 7.79. The van der Waals surface area contributed by atoms with Crippen LogP contribution in [0.1, 0.15) is 20.8 Å². The number of alkyl halides is 11. The minimum atomic E-state index is -7.65. The van der Waals surface area contributed by atoms with E-state index in [1.165, 1.54) is 20.8 Å². The average Bonchev–Trinajstić information content (AvgIpc) is 2.53. The molecule has 0 aromatic heterocycles. The molecule has 1 aliphatic rings. The van der Waals surface area contributed by atoms with Crippen LogP contribution in [-0.4, -0.2) is 67.3 Å². The lowest BCUT2D eigenvalue weighted by Gasteiger charge is -2.35. The van der Waals surface area contributed by atoms with Crippen molar-refractivity contribution in [3.05, 3.63) is 11.8 Å². The number of hydrogen-bond acceptors (Lipinski definition) is 5. The maximum Gasteiger partial charge on any atom is 0.460 e. The molecule has 0 fully saturated rings. The highest BCUT2D eigenvalue weighted by molar-refractivity contribution is 7.88. The first-order valence-corrected chi connectivity index (χ1v) is 9.41. The van der Waals surface area contributed by atoms with Crippen molar-refractivity contribution >= 4 is 16.2 Å². The van der Waals surface area contributed by atoms with Crippen molar-refractivity contribution in [2.45, 2.75) is 55.6 Å². The molecule has 32 heavy (non-hydrogen) atoms. The van der Waals surface area contributed by atoms with Crippen LogP contribution in [0.25, 0.3) is 0 Å². The van der Waals surface area contributed by atoms with Crippen LogP contribution in [0, 0.1) is 0 Å². The van der Waals surface area contributed by atoms with E-state index in [9.17, 15) is 61.5 Å². The van der Waals surface area contributed by atoms with Crippen LogP contribution < -0.4 is 0 Å². The zero-order chi connectivity index (χ0) is 25.8. The van der Waals surface area contributed by atoms with E-state index in [0.29, 0.717) is 0 Å². The van der Waals surface area contributed by atoms with E-state index in [2.05, 4.69) is 4.18 Å². The molecule has 0 aliphatic carbocycles. The van der Waals surface area contributed by atoms with Crippen LogP contribution >= 0.6 is 0 Å². The lowest BCUT2D eigenvalue weighted by molar-refractivity contribution is -0.382. The van der Waals surface area contributed by atoms with Gasteiger partial charge in [-0.25, -0.2) is 4.79 Å². The third-order valence-corrected chi connectivity index (χ3v) is 4.81. The topological polar surface area (TPSA) is 72.9 Å². The van der Waals surface area contributed by atoms with Gasteiger partial charge in [-0.1, -0.05) is 0 Å². The Morgan fingerprint density at radius 1 is 0.969 bits per heavy atom. The molecule has 0 bridgehead atoms.